The third kappa shape index (κ3) is 3.34. The van der Waals surface area contributed by atoms with Crippen molar-refractivity contribution in [3.05, 3.63) is 24.3 Å². The first-order chi connectivity index (χ1) is 9.60. The minimum atomic E-state index is -0.0354. The minimum absolute atomic E-state index is 0.0354. The van der Waals surface area contributed by atoms with E-state index >= 15 is 0 Å². The van der Waals surface area contributed by atoms with Gasteiger partial charge >= 0.3 is 6.01 Å². The Balaban J connectivity index is 2.44. The highest BCUT2D eigenvalue weighted by molar-refractivity contribution is 5.64. The minimum Gasteiger partial charge on any atom is -0.493 e. The number of hydrogen-bond acceptors (Lipinski definition) is 6. The molecule has 0 aliphatic rings. The normalized spacial score (nSPS) is 10.6. The highest BCUT2D eigenvalue weighted by Crippen LogP contribution is 2.28. The summed E-state index contributed by atoms with van der Waals surface area (Å²) in [4.78, 5) is 12.4. The molecule has 0 saturated heterocycles. The lowest BCUT2D eigenvalue weighted by atomic mass is 10.2. The van der Waals surface area contributed by atoms with E-state index in [1.807, 2.05) is 45.0 Å². The van der Waals surface area contributed by atoms with E-state index in [9.17, 15) is 0 Å². The number of nitrogens with zero attached hydrogens (tertiary/aromatic N) is 3. The van der Waals surface area contributed by atoms with Crippen molar-refractivity contribution >= 4 is 5.95 Å². The van der Waals surface area contributed by atoms with E-state index in [4.69, 9.17) is 15.2 Å². The topological polar surface area (TPSA) is 83.2 Å². The van der Waals surface area contributed by atoms with Gasteiger partial charge in [-0.1, -0.05) is 12.1 Å². The van der Waals surface area contributed by atoms with Crippen LogP contribution in [0.15, 0.2) is 24.3 Å². The van der Waals surface area contributed by atoms with Gasteiger partial charge in [-0.15, -0.1) is 0 Å². The zero-order chi connectivity index (χ0) is 14.5. The molecule has 20 heavy (non-hydrogen) atoms. The van der Waals surface area contributed by atoms with Gasteiger partial charge in [-0.3, -0.25) is 0 Å². The van der Waals surface area contributed by atoms with Crippen molar-refractivity contribution in [3.8, 4) is 23.1 Å². The van der Waals surface area contributed by atoms with Crippen molar-refractivity contribution in [1.82, 2.24) is 15.0 Å². The molecule has 0 aliphatic heterocycles. The van der Waals surface area contributed by atoms with Crippen LogP contribution >= 0.6 is 0 Å². The van der Waals surface area contributed by atoms with Crippen LogP contribution in [-0.4, -0.2) is 27.7 Å². The van der Waals surface area contributed by atoms with E-state index in [-0.39, 0.29) is 18.1 Å². The van der Waals surface area contributed by atoms with Crippen LogP contribution in [0.1, 0.15) is 20.8 Å². The lowest BCUT2D eigenvalue weighted by Gasteiger charge is -2.11. The zero-order valence-corrected chi connectivity index (χ0v) is 11.8. The van der Waals surface area contributed by atoms with Gasteiger partial charge in [0.2, 0.25) is 5.95 Å². The fraction of sp³-hybridized carbons (Fsp3) is 0.357. The Labute approximate surface area is 118 Å². The summed E-state index contributed by atoms with van der Waals surface area (Å²) in [5.41, 5.74) is 6.47. The van der Waals surface area contributed by atoms with Crippen LogP contribution < -0.4 is 15.2 Å². The van der Waals surface area contributed by atoms with E-state index in [1.165, 1.54) is 0 Å². The molecule has 0 saturated carbocycles. The van der Waals surface area contributed by atoms with E-state index in [0.717, 1.165) is 5.56 Å². The maximum atomic E-state index is 5.71. The summed E-state index contributed by atoms with van der Waals surface area (Å²) in [5, 5.41) is 0. The smallest absolute Gasteiger partial charge is 0.322 e. The van der Waals surface area contributed by atoms with Gasteiger partial charge in [0, 0.05) is 0 Å². The number of aromatic nitrogens is 3. The van der Waals surface area contributed by atoms with Crippen molar-refractivity contribution in [3.63, 3.8) is 0 Å². The molecule has 1 aromatic heterocycles. The Hall–Kier alpha value is -2.37. The van der Waals surface area contributed by atoms with Crippen molar-refractivity contribution in [2.75, 3.05) is 12.3 Å². The molecule has 0 aliphatic carbocycles. The molecule has 6 heteroatoms. The first-order valence-electron chi connectivity index (χ1n) is 6.50. The van der Waals surface area contributed by atoms with E-state index < -0.39 is 0 Å². The predicted molar refractivity (Wildman–Crippen MR) is 76.6 cm³/mol. The Kier molecular flexibility index (Phi) is 4.34. The highest BCUT2D eigenvalue weighted by atomic mass is 16.5. The summed E-state index contributed by atoms with van der Waals surface area (Å²) in [6.07, 6.45) is -0.0354. The molecule has 0 bridgehead atoms. The molecule has 0 fully saturated rings. The molecule has 2 aromatic rings. The molecule has 0 radical (unpaired) electrons. The molecule has 0 atom stereocenters. The van der Waals surface area contributed by atoms with Gasteiger partial charge in [0.05, 0.1) is 18.3 Å². The van der Waals surface area contributed by atoms with Crippen LogP contribution in [0.3, 0.4) is 0 Å². The standard InChI is InChI=1S/C14H18N4O2/c1-4-19-11-8-6-5-7-10(11)12-16-13(15)18-14(17-12)20-9(2)3/h5-9H,4H2,1-3H3,(H2,15,16,17,18). The Morgan fingerprint density at radius 1 is 1.15 bits per heavy atom. The van der Waals surface area contributed by atoms with Crippen LogP contribution in [0.25, 0.3) is 11.4 Å². The van der Waals surface area contributed by atoms with Crippen LogP contribution in [0.4, 0.5) is 5.95 Å². The number of anilines is 1. The lowest BCUT2D eigenvalue weighted by molar-refractivity contribution is 0.222. The Bertz CT molecular complexity index is 587. The second-order valence-corrected chi connectivity index (χ2v) is 4.40. The van der Waals surface area contributed by atoms with E-state index in [1.54, 1.807) is 0 Å². The molecule has 0 spiro atoms. The summed E-state index contributed by atoms with van der Waals surface area (Å²) in [6, 6.07) is 7.74. The molecule has 1 heterocycles. The molecule has 2 N–H and O–H groups in total. The largest absolute Gasteiger partial charge is 0.493 e. The second kappa shape index (κ2) is 6.18. The maximum Gasteiger partial charge on any atom is 0.322 e. The number of benzene rings is 1. The average molecular weight is 274 g/mol. The predicted octanol–water partition coefficient (Wildman–Crippen LogP) is 2.31. The van der Waals surface area contributed by atoms with Gasteiger partial charge in [-0.05, 0) is 32.9 Å². The van der Waals surface area contributed by atoms with Crippen molar-refractivity contribution in [2.45, 2.75) is 26.9 Å². The van der Waals surface area contributed by atoms with Gasteiger partial charge < -0.3 is 15.2 Å². The van der Waals surface area contributed by atoms with Crippen LogP contribution in [0.2, 0.25) is 0 Å². The monoisotopic (exact) mass is 274 g/mol. The highest BCUT2D eigenvalue weighted by Gasteiger charge is 2.13. The molecule has 0 unspecified atom stereocenters. The first-order valence-corrected chi connectivity index (χ1v) is 6.50. The summed E-state index contributed by atoms with van der Waals surface area (Å²) in [7, 11) is 0. The van der Waals surface area contributed by atoms with Crippen LogP contribution in [-0.2, 0) is 0 Å². The van der Waals surface area contributed by atoms with Gasteiger partial charge in [-0.25, -0.2) is 0 Å². The summed E-state index contributed by atoms with van der Waals surface area (Å²) in [6.45, 7) is 6.28. The number of nitrogen functional groups attached to an aromatic ring is 1. The third-order valence-corrected chi connectivity index (χ3v) is 2.40. The summed E-state index contributed by atoms with van der Waals surface area (Å²) in [5.74, 6) is 1.27. The molecule has 1 aromatic carbocycles. The number of para-hydroxylation sites is 1. The fourth-order valence-corrected chi connectivity index (χ4v) is 1.69. The van der Waals surface area contributed by atoms with Gasteiger partial charge in [-0.2, -0.15) is 15.0 Å². The SMILES string of the molecule is CCOc1ccccc1-c1nc(N)nc(OC(C)C)n1. The summed E-state index contributed by atoms with van der Waals surface area (Å²) < 4.78 is 11.0. The second-order valence-electron chi connectivity index (χ2n) is 4.40. The lowest BCUT2D eigenvalue weighted by Crippen LogP contribution is -2.11. The van der Waals surface area contributed by atoms with E-state index in [0.29, 0.717) is 18.2 Å². The molecular formula is C14H18N4O2. The molecule has 0 amide bonds. The molecule has 106 valence electrons. The maximum absolute atomic E-state index is 5.71. The average Bonchev–Trinajstić information content (AvgIpc) is 2.38. The van der Waals surface area contributed by atoms with Crippen LogP contribution in [0, 0.1) is 0 Å². The number of ether oxygens (including phenoxy) is 2. The quantitative estimate of drug-likeness (QED) is 0.900. The number of hydrogen-bond donors (Lipinski definition) is 1. The molecular weight excluding hydrogens is 256 g/mol. The first kappa shape index (κ1) is 14.0. The third-order valence-electron chi connectivity index (χ3n) is 2.40. The van der Waals surface area contributed by atoms with Gasteiger partial charge in [0.1, 0.15) is 5.75 Å². The fourth-order valence-electron chi connectivity index (χ4n) is 1.69. The summed E-state index contributed by atoms with van der Waals surface area (Å²) >= 11 is 0. The number of nitrogens with two attached hydrogens (primary N) is 1. The zero-order valence-electron chi connectivity index (χ0n) is 11.8. The van der Waals surface area contributed by atoms with Crippen molar-refractivity contribution in [2.24, 2.45) is 0 Å². The molecule has 2 rings (SSSR count). The Morgan fingerprint density at radius 2 is 1.90 bits per heavy atom. The van der Waals surface area contributed by atoms with Crippen LogP contribution in [0.5, 0.6) is 11.8 Å². The van der Waals surface area contributed by atoms with E-state index in [2.05, 4.69) is 15.0 Å². The van der Waals surface area contributed by atoms with Crippen molar-refractivity contribution < 1.29 is 9.47 Å². The Morgan fingerprint density at radius 3 is 2.60 bits per heavy atom. The number of rotatable bonds is 5. The van der Waals surface area contributed by atoms with Gasteiger partial charge in [0.15, 0.2) is 5.82 Å². The van der Waals surface area contributed by atoms with Gasteiger partial charge in [0.25, 0.3) is 0 Å². The van der Waals surface area contributed by atoms with Crippen molar-refractivity contribution in [1.29, 1.82) is 0 Å². The molecule has 6 nitrogen and oxygen atoms in total.